The maximum Gasteiger partial charge on any atom is 0.331 e. The minimum atomic E-state index is -0.449. The van der Waals surface area contributed by atoms with E-state index in [9.17, 15) is 28.8 Å². The third-order valence-corrected chi connectivity index (χ3v) is 17.6. The number of ether oxygens (including phenoxy) is 7. The Balaban J connectivity index is 0.000000235. The molecule has 0 saturated heterocycles. The molecule has 4 fully saturated rings. The van der Waals surface area contributed by atoms with Crippen LogP contribution < -0.4 is 4.74 Å². The number of hydrogen-bond acceptors (Lipinski definition) is 13. The van der Waals surface area contributed by atoms with Gasteiger partial charge in [-0.25, -0.2) is 14.4 Å². The van der Waals surface area contributed by atoms with E-state index in [4.69, 9.17) is 33.2 Å². The second-order valence-electron chi connectivity index (χ2n) is 25.6. The SMILES string of the molecule is CCC(C)(C)C(=O)OC1CCC(OC(=O)/C=C/c2ccc(C)cc2)CC1.CCC(C)(C)C(=O)OC1CCC(OC(=O)/C=C/c2ccc(OC)cc2)CC1.CCC(C)(C)C(=O)OCC1CCC(OC(=O)/C=C/c2ccc(C3CCCCC3)cc2)CC1. The standard InChI is InChI=1S/C28H40O4.C22H30O5.C22H30O4/c1-4-28(2,3)27(30)31-20-22-12-17-25(18-13-22)32-26(29)19-14-21-10-15-24(16-11-21)23-8-6-5-7-9-23;1-5-22(2,3)21(24)27-19-13-11-18(12-14-19)26-20(23)15-8-16-6-9-17(25-4)10-7-16;1-5-22(3,4)21(24)26-19-13-11-18(12-14-19)25-20(23)15-10-17-8-6-16(2)7-9-17/h10-11,14-16,19,22-23,25H,4-9,12-13,17-18,20H2,1-3H3;6-10,15,18-19H,5,11-14H2,1-4H3;6-10,15,18-19H,5,11-14H2,1-4H3/b19-14+;15-8+;15-10+. The normalized spacial score (nSPS) is 21.3. The molecule has 4 aliphatic rings. The summed E-state index contributed by atoms with van der Waals surface area (Å²) in [5.74, 6) is 0.482. The molecule has 13 nitrogen and oxygen atoms in total. The lowest BCUT2D eigenvalue weighted by molar-refractivity contribution is -0.164. The van der Waals surface area contributed by atoms with Crippen LogP contribution in [0.4, 0.5) is 0 Å². The molecule has 0 bridgehead atoms. The molecule has 0 atom stereocenters. The van der Waals surface area contributed by atoms with E-state index in [2.05, 4.69) is 24.3 Å². The van der Waals surface area contributed by atoms with Gasteiger partial charge in [0.05, 0.1) is 30.0 Å². The van der Waals surface area contributed by atoms with Crippen LogP contribution >= 0.6 is 0 Å². The van der Waals surface area contributed by atoms with Gasteiger partial charge in [-0.2, -0.15) is 0 Å². The Labute approximate surface area is 508 Å². The zero-order chi connectivity index (χ0) is 62.0. The van der Waals surface area contributed by atoms with E-state index < -0.39 is 16.2 Å². The monoisotopic (exact) mass is 1170 g/mol. The molecule has 0 aliphatic heterocycles. The van der Waals surface area contributed by atoms with Gasteiger partial charge in [0, 0.05) is 18.2 Å². The summed E-state index contributed by atoms with van der Waals surface area (Å²) in [4.78, 5) is 72.7. The van der Waals surface area contributed by atoms with Crippen LogP contribution in [0.2, 0.25) is 0 Å². The predicted octanol–water partition coefficient (Wildman–Crippen LogP) is 16.2. The van der Waals surface area contributed by atoms with Crippen LogP contribution in [-0.2, 0) is 57.2 Å². The molecule has 0 radical (unpaired) electrons. The smallest absolute Gasteiger partial charge is 0.331 e. The van der Waals surface area contributed by atoms with Crippen molar-refractivity contribution in [1.29, 1.82) is 0 Å². The Morgan fingerprint density at radius 1 is 0.424 bits per heavy atom. The lowest BCUT2D eigenvalue weighted by Crippen LogP contribution is -2.34. The molecule has 3 aromatic rings. The van der Waals surface area contributed by atoms with Crippen LogP contribution in [0.3, 0.4) is 0 Å². The molecule has 13 heteroatoms. The van der Waals surface area contributed by atoms with Crippen molar-refractivity contribution in [2.24, 2.45) is 22.2 Å². The molecule has 0 unspecified atom stereocenters. The number of carbonyl (C=O) groups excluding carboxylic acids is 6. The Kier molecular flexibility index (Phi) is 28.2. The lowest BCUT2D eigenvalue weighted by atomic mass is 9.84. The fourth-order valence-corrected chi connectivity index (χ4v) is 10.2. The first-order chi connectivity index (χ1) is 40.5. The van der Waals surface area contributed by atoms with E-state index in [0.29, 0.717) is 31.3 Å². The van der Waals surface area contributed by atoms with E-state index in [-0.39, 0.29) is 66.3 Å². The van der Waals surface area contributed by atoms with Crippen LogP contribution in [0, 0.1) is 29.1 Å². The van der Waals surface area contributed by atoms with Gasteiger partial charge in [-0.1, -0.05) is 106 Å². The van der Waals surface area contributed by atoms with Gasteiger partial charge in [-0.05, 0) is 222 Å². The van der Waals surface area contributed by atoms with Gasteiger partial charge in [0.1, 0.15) is 36.3 Å². The highest BCUT2D eigenvalue weighted by molar-refractivity contribution is 5.88. The summed E-state index contributed by atoms with van der Waals surface area (Å²) in [6, 6.07) is 24.0. The van der Waals surface area contributed by atoms with Crippen LogP contribution in [-0.4, -0.2) is 80.1 Å². The van der Waals surface area contributed by atoms with Crippen molar-refractivity contribution in [3.8, 4) is 5.75 Å². The first-order valence-corrected chi connectivity index (χ1v) is 31.6. The van der Waals surface area contributed by atoms with Crippen molar-refractivity contribution >= 4 is 54.0 Å². The molecule has 0 N–H and O–H groups in total. The number of hydrogen-bond donors (Lipinski definition) is 0. The van der Waals surface area contributed by atoms with Gasteiger partial charge < -0.3 is 33.2 Å². The number of methoxy groups -OCH3 is 1. The number of aryl methyl sites for hydroxylation is 1. The van der Waals surface area contributed by atoms with Crippen LogP contribution in [0.25, 0.3) is 18.2 Å². The van der Waals surface area contributed by atoms with E-state index in [1.165, 1.54) is 61.5 Å². The summed E-state index contributed by atoms with van der Waals surface area (Å²) in [7, 11) is 1.61. The molecule has 4 aliphatic carbocycles. The molecule has 0 aromatic heterocycles. The molecule has 3 aromatic carbocycles. The van der Waals surface area contributed by atoms with Crippen molar-refractivity contribution in [2.75, 3.05) is 13.7 Å². The maximum absolute atomic E-state index is 12.3. The number of benzene rings is 3. The summed E-state index contributed by atoms with van der Waals surface area (Å²) in [5, 5.41) is 0. The quantitative estimate of drug-likeness (QED) is 0.0562. The molecule has 0 heterocycles. The van der Waals surface area contributed by atoms with Gasteiger partial charge in [0.15, 0.2) is 0 Å². The van der Waals surface area contributed by atoms with Crippen molar-refractivity contribution < 1.29 is 61.9 Å². The average molecular weight is 1170 g/mol. The Hall–Kier alpha value is -6.50. The van der Waals surface area contributed by atoms with E-state index >= 15 is 0 Å². The topological polar surface area (TPSA) is 167 Å². The molecule has 0 amide bonds. The lowest BCUT2D eigenvalue weighted by Gasteiger charge is -2.30. The van der Waals surface area contributed by atoms with E-state index in [0.717, 1.165) is 106 Å². The highest BCUT2D eigenvalue weighted by Gasteiger charge is 2.34. The number of rotatable bonds is 21. The summed E-state index contributed by atoms with van der Waals surface area (Å²) >= 11 is 0. The zero-order valence-electron chi connectivity index (χ0n) is 53.1. The first-order valence-electron chi connectivity index (χ1n) is 31.6. The molecular weight excluding hydrogens is 1070 g/mol. The molecule has 85 heavy (non-hydrogen) atoms. The largest absolute Gasteiger partial charge is 0.497 e. The zero-order valence-corrected chi connectivity index (χ0v) is 53.1. The highest BCUT2D eigenvalue weighted by Crippen LogP contribution is 2.34. The van der Waals surface area contributed by atoms with E-state index in [1.54, 1.807) is 19.3 Å². The highest BCUT2D eigenvalue weighted by atomic mass is 16.6. The van der Waals surface area contributed by atoms with Crippen LogP contribution in [0.15, 0.2) is 91.0 Å². The van der Waals surface area contributed by atoms with Gasteiger partial charge in [-0.3, -0.25) is 14.4 Å². The van der Waals surface area contributed by atoms with Gasteiger partial charge >= 0.3 is 35.8 Å². The molecule has 7 rings (SSSR count). The molecule has 4 saturated carbocycles. The third kappa shape index (κ3) is 24.4. The van der Waals surface area contributed by atoms with Crippen molar-refractivity contribution in [2.45, 2.75) is 234 Å². The average Bonchev–Trinajstić information content (AvgIpc) is 3.54. The Morgan fingerprint density at radius 3 is 1.12 bits per heavy atom. The van der Waals surface area contributed by atoms with Gasteiger partial charge in [-0.15, -0.1) is 0 Å². The molecule has 0 spiro atoms. The second-order valence-corrected chi connectivity index (χ2v) is 25.6. The van der Waals surface area contributed by atoms with Gasteiger partial charge in [0.25, 0.3) is 0 Å². The van der Waals surface area contributed by atoms with Gasteiger partial charge in [0.2, 0.25) is 0 Å². The summed E-state index contributed by atoms with van der Waals surface area (Å²) in [6.45, 7) is 19.9. The summed E-state index contributed by atoms with van der Waals surface area (Å²) in [6.07, 6.45) is 27.6. The minimum absolute atomic E-state index is 0.0418. The van der Waals surface area contributed by atoms with E-state index in [1.807, 2.05) is 124 Å². The fourth-order valence-electron chi connectivity index (χ4n) is 10.2. The Bertz CT molecular complexity index is 2630. The van der Waals surface area contributed by atoms with Crippen molar-refractivity contribution in [3.05, 3.63) is 119 Å². The molecular formula is C72H100O13. The summed E-state index contributed by atoms with van der Waals surface area (Å²) in [5.41, 5.74) is 4.20. The predicted molar refractivity (Wildman–Crippen MR) is 335 cm³/mol. The van der Waals surface area contributed by atoms with Crippen LogP contribution in [0.5, 0.6) is 5.75 Å². The molecule has 466 valence electrons. The summed E-state index contributed by atoms with van der Waals surface area (Å²) < 4.78 is 38.5. The van der Waals surface area contributed by atoms with Crippen molar-refractivity contribution in [1.82, 2.24) is 0 Å². The van der Waals surface area contributed by atoms with Crippen molar-refractivity contribution in [3.63, 3.8) is 0 Å². The first kappa shape index (κ1) is 69.3. The number of carbonyl (C=O) groups is 6. The van der Waals surface area contributed by atoms with Crippen LogP contribution in [0.1, 0.15) is 224 Å². The maximum atomic E-state index is 12.3. The third-order valence-electron chi connectivity index (χ3n) is 17.6. The number of esters is 6. The second kappa shape index (κ2) is 34.6. The minimum Gasteiger partial charge on any atom is -0.497 e. The Morgan fingerprint density at radius 2 is 0.753 bits per heavy atom. The fraction of sp³-hybridized carbons (Fsp3) is 0.583.